The normalized spacial score (nSPS) is 13.1. The van der Waals surface area contributed by atoms with E-state index in [9.17, 15) is 13.2 Å². The molecule has 59 valence electrons. The third-order valence-corrected chi connectivity index (χ3v) is 1.94. The molecular formula is C5H10NO3S. The highest BCUT2D eigenvalue weighted by Gasteiger charge is 2.06. The average molecular weight is 164 g/mol. The summed E-state index contributed by atoms with van der Waals surface area (Å²) in [5.41, 5.74) is 0. The minimum atomic E-state index is -2.42. The lowest BCUT2D eigenvalue weighted by atomic mass is 10.4. The summed E-state index contributed by atoms with van der Waals surface area (Å²) < 4.78 is 20.5. The minimum absolute atomic E-state index is 0.211. The van der Waals surface area contributed by atoms with Gasteiger partial charge in [-0.25, -0.2) is 8.42 Å². The van der Waals surface area contributed by atoms with E-state index in [2.05, 4.69) is 0 Å². The molecule has 0 saturated heterocycles. The van der Waals surface area contributed by atoms with E-state index >= 15 is 0 Å². The van der Waals surface area contributed by atoms with Crippen molar-refractivity contribution in [2.45, 2.75) is 12.2 Å². The fraction of sp³-hybridized carbons (Fsp3) is 0.800. The Hall–Kier alpha value is -0.580. The van der Waals surface area contributed by atoms with Crippen LogP contribution in [0, 0.1) is 0 Å². The van der Waals surface area contributed by atoms with E-state index in [4.69, 9.17) is 0 Å². The highest BCUT2D eigenvalue weighted by molar-refractivity contribution is 7.73. The summed E-state index contributed by atoms with van der Waals surface area (Å²) in [6.07, 6.45) is 1.57. The molecule has 0 N–H and O–H groups in total. The maximum Gasteiger partial charge on any atom is 0.311 e. The molecular weight excluding hydrogens is 154 g/mol. The smallest absolute Gasteiger partial charge is 0.311 e. The van der Waals surface area contributed by atoms with Crippen LogP contribution < -0.4 is 0 Å². The summed E-state index contributed by atoms with van der Waals surface area (Å²) >= 11 is 0. The van der Waals surface area contributed by atoms with Gasteiger partial charge in [-0.15, -0.1) is 0 Å². The zero-order valence-electron chi connectivity index (χ0n) is 5.90. The molecule has 0 fully saturated rings. The van der Waals surface area contributed by atoms with Crippen molar-refractivity contribution in [3.05, 3.63) is 0 Å². The number of carbonyl (C=O) groups excluding carboxylic acids is 1. The number of nitrogens with zero attached hydrogens (tertiary/aromatic N) is 1. The summed E-state index contributed by atoms with van der Waals surface area (Å²) in [5.74, 6) is 0. The molecule has 0 aromatic heterocycles. The second-order valence-electron chi connectivity index (χ2n) is 2.11. The highest BCUT2D eigenvalue weighted by Crippen LogP contribution is 1.88. The first-order chi connectivity index (χ1) is 4.57. The number of thiol groups is 1. The van der Waals surface area contributed by atoms with Crippen molar-refractivity contribution < 1.29 is 13.2 Å². The molecule has 0 aliphatic rings. The standard InChI is InChI=1S/C5H10NO3S/c1-5(10(8)9)3-6(2)4-7/h5,10H,3H2,1-2H3. The lowest BCUT2D eigenvalue weighted by Crippen LogP contribution is -2.26. The molecule has 0 aromatic carbocycles. The molecule has 1 atom stereocenters. The molecule has 1 unspecified atom stereocenters. The Kier molecular flexibility index (Phi) is 4.02. The SMILES string of the molecule is CC(CN(C)[C]=O)[SH](=O)=O. The van der Waals surface area contributed by atoms with Crippen LogP contribution in [0.5, 0.6) is 0 Å². The van der Waals surface area contributed by atoms with Gasteiger partial charge in [0.05, 0.1) is 5.25 Å². The Morgan fingerprint density at radius 1 is 1.60 bits per heavy atom. The summed E-state index contributed by atoms with van der Waals surface area (Å²) in [4.78, 5) is 11.0. The van der Waals surface area contributed by atoms with E-state index < -0.39 is 16.0 Å². The summed E-state index contributed by atoms with van der Waals surface area (Å²) in [5, 5.41) is -0.485. The molecule has 0 aliphatic heterocycles. The Labute approximate surface area is 61.8 Å². The first kappa shape index (κ1) is 9.42. The molecule has 0 aliphatic carbocycles. The number of hydrogen-bond donors (Lipinski definition) is 1. The maximum atomic E-state index is 10.2. The van der Waals surface area contributed by atoms with Crippen LogP contribution in [-0.2, 0) is 15.5 Å². The van der Waals surface area contributed by atoms with Crippen LogP contribution in [0.3, 0.4) is 0 Å². The van der Waals surface area contributed by atoms with Gasteiger partial charge in [-0.2, -0.15) is 0 Å². The van der Waals surface area contributed by atoms with Gasteiger partial charge in [-0.05, 0) is 6.92 Å². The van der Waals surface area contributed by atoms with Crippen LogP contribution in [-0.4, -0.2) is 38.6 Å². The van der Waals surface area contributed by atoms with Crippen LogP contribution in [0.2, 0.25) is 0 Å². The van der Waals surface area contributed by atoms with Gasteiger partial charge in [0, 0.05) is 13.6 Å². The van der Waals surface area contributed by atoms with E-state index in [1.54, 1.807) is 13.3 Å². The Morgan fingerprint density at radius 3 is 2.40 bits per heavy atom. The zero-order valence-corrected chi connectivity index (χ0v) is 6.80. The largest absolute Gasteiger partial charge is 0.336 e. The molecule has 4 nitrogen and oxygen atoms in total. The van der Waals surface area contributed by atoms with Crippen molar-refractivity contribution in [1.29, 1.82) is 0 Å². The summed E-state index contributed by atoms with van der Waals surface area (Å²) in [7, 11) is -0.932. The Balaban J connectivity index is 3.78. The van der Waals surface area contributed by atoms with Crippen molar-refractivity contribution in [2.24, 2.45) is 0 Å². The molecule has 0 spiro atoms. The molecule has 0 bridgehead atoms. The minimum Gasteiger partial charge on any atom is -0.336 e. The van der Waals surface area contributed by atoms with Gasteiger partial charge >= 0.3 is 6.41 Å². The lowest BCUT2D eigenvalue weighted by Gasteiger charge is -2.10. The fourth-order valence-corrected chi connectivity index (χ4v) is 0.879. The topological polar surface area (TPSA) is 54.5 Å². The van der Waals surface area contributed by atoms with Gasteiger partial charge in [0.2, 0.25) is 0 Å². The monoisotopic (exact) mass is 164 g/mol. The van der Waals surface area contributed by atoms with E-state index in [-0.39, 0.29) is 6.54 Å². The van der Waals surface area contributed by atoms with Gasteiger partial charge in [-0.3, -0.25) is 4.79 Å². The first-order valence-electron chi connectivity index (χ1n) is 2.80. The zero-order chi connectivity index (χ0) is 8.15. The highest BCUT2D eigenvalue weighted by atomic mass is 32.2. The van der Waals surface area contributed by atoms with Crippen molar-refractivity contribution in [1.82, 2.24) is 4.90 Å². The van der Waals surface area contributed by atoms with E-state index in [0.29, 0.717) is 0 Å². The van der Waals surface area contributed by atoms with Crippen LogP contribution in [0.1, 0.15) is 6.92 Å². The summed E-state index contributed by atoms with van der Waals surface area (Å²) in [6.45, 7) is 1.75. The van der Waals surface area contributed by atoms with Crippen molar-refractivity contribution >= 4 is 17.1 Å². The molecule has 10 heavy (non-hydrogen) atoms. The van der Waals surface area contributed by atoms with Crippen LogP contribution in [0.4, 0.5) is 0 Å². The van der Waals surface area contributed by atoms with Crippen LogP contribution in [0.15, 0.2) is 0 Å². The van der Waals surface area contributed by atoms with E-state index in [0.717, 1.165) is 0 Å². The second kappa shape index (κ2) is 4.27. The third-order valence-electron chi connectivity index (χ3n) is 1.05. The van der Waals surface area contributed by atoms with Crippen LogP contribution in [0.25, 0.3) is 0 Å². The molecule has 0 rings (SSSR count). The third kappa shape index (κ3) is 3.45. The number of hydrogen-bond acceptors (Lipinski definition) is 3. The Morgan fingerprint density at radius 2 is 2.10 bits per heavy atom. The molecule has 0 saturated carbocycles. The molecule has 0 heterocycles. The van der Waals surface area contributed by atoms with Gasteiger partial charge in [0.15, 0.2) is 0 Å². The molecule has 1 radical (unpaired) electrons. The van der Waals surface area contributed by atoms with E-state index in [1.807, 2.05) is 0 Å². The second-order valence-corrected chi connectivity index (χ2v) is 3.56. The first-order valence-corrected chi connectivity index (χ1v) is 4.05. The maximum absolute atomic E-state index is 10.2. The van der Waals surface area contributed by atoms with Gasteiger partial charge in [0.25, 0.3) is 0 Å². The predicted molar refractivity (Wildman–Crippen MR) is 38.1 cm³/mol. The quantitative estimate of drug-likeness (QED) is 0.427. The van der Waals surface area contributed by atoms with E-state index in [1.165, 1.54) is 11.9 Å². The van der Waals surface area contributed by atoms with Crippen molar-refractivity contribution in [2.75, 3.05) is 13.6 Å². The van der Waals surface area contributed by atoms with Crippen molar-refractivity contribution in [3.8, 4) is 0 Å². The lowest BCUT2D eigenvalue weighted by molar-refractivity contribution is 0.433. The van der Waals surface area contributed by atoms with Gasteiger partial charge in [0.1, 0.15) is 10.7 Å². The predicted octanol–water partition coefficient (Wildman–Crippen LogP) is -1.01. The molecule has 5 heteroatoms. The molecule has 1 amide bonds. The van der Waals surface area contributed by atoms with Crippen LogP contribution >= 0.6 is 0 Å². The van der Waals surface area contributed by atoms with Crippen molar-refractivity contribution in [3.63, 3.8) is 0 Å². The number of amides is 1. The summed E-state index contributed by atoms with van der Waals surface area (Å²) in [6, 6.07) is 0. The fourth-order valence-electron chi connectivity index (χ4n) is 0.500. The number of rotatable bonds is 4. The Bertz CT molecular complexity index is 170. The van der Waals surface area contributed by atoms with Gasteiger partial charge in [-0.1, -0.05) is 0 Å². The molecule has 0 aromatic rings. The average Bonchev–Trinajstić information content (AvgIpc) is 1.87. The van der Waals surface area contributed by atoms with Gasteiger partial charge < -0.3 is 4.90 Å².